The largest absolute Gasteiger partial charge is 0.494 e. The molecule has 1 heterocycles. The lowest BCUT2D eigenvalue weighted by molar-refractivity contribution is -0.118. The van der Waals surface area contributed by atoms with Crippen LogP contribution in [-0.4, -0.2) is 31.3 Å². The predicted molar refractivity (Wildman–Crippen MR) is 120 cm³/mol. The van der Waals surface area contributed by atoms with Crippen LogP contribution in [0, 0.1) is 6.92 Å². The number of aryl methyl sites for hydroxylation is 2. The summed E-state index contributed by atoms with van der Waals surface area (Å²) in [7, 11) is -3.40. The maximum Gasteiger partial charge on any atom is 0.248 e. The lowest BCUT2D eigenvalue weighted by Crippen LogP contribution is -2.16. The molecule has 6 nitrogen and oxygen atoms in total. The summed E-state index contributed by atoms with van der Waals surface area (Å²) < 4.78 is 33.4. The molecule has 3 aromatic rings. The van der Waals surface area contributed by atoms with E-state index in [1.54, 1.807) is 24.3 Å². The molecule has 0 aliphatic heterocycles. The molecule has 0 spiro atoms. The molecule has 0 saturated carbocycles. The van der Waals surface area contributed by atoms with Gasteiger partial charge in [0, 0.05) is 13.0 Å². The van der Waals surface area contributed by atoms with Crippen LogP contribution in [0.3, 0.4) is 0 Å². The van der Waals surface area contributed by atoms with Crippen LogP contribution in [0.2, 0.25) is 0 Å². The highest BCUT2D eigenvalue weighted by Gasteiger charge is 2.15. The summed E-state index contributed by atoms with van der Waals surface area (Å²) in [5, 5.41) is 0. The fraction of sp³-hybridized carbons (Fsp3) is 0.364. The van der Waals surface area contributed by atoms with Gasteiger partial charge in [0.2, 0.25) is 5.91 Å². The zero-order valence-corrected chi connectivity index (χ0v) is 19.1. The smallest absolute Gasteiger partial charge is 0.248 e. The van der Waals surface area contributed by atoms with Gasteiger partial charge in [0.1, 0.15) is 5.75 Å². The van der Waals surface area contributed by atoms with Crippen molar-refractivity contribution in [1.82, 2.24) is 4.57 Å². The van der Waals surface area contributed by atoms with Crippen molar-refractivity contribution in [3.8, 4) is 5.75 Å². The number of benzene rings is 2. The van der Waals surface area contributed by atoms with E-state index < -0.39 is 9.84 Å². The van der Waals surface area contributed by atoms with Crippen LogP contribution in [-0.2, 0) is 21.2 Å². The third kappa shape index (κ3) is 5.17. The first kappa shape index (κ1) is 22.2. The predicted octanol–water partition coefficient (Wildman–Crippen LogP) is 4.11. The Kier molecular flexibility index (Phi) is 7.10. The van der Waals surface area contributed by atoms with Gasteiger partial charge in [0.15, 0.2) is 14.6 Å². The molecule has 160 valence electrons. The maximum atomic E-state index is 12.4. The first-order chi connectivity index (χ1) is 14.3. The van der Waals surface area contributed by atoms with Gasteiger partial charge in [-0.3, -0.25) is 4.79 Å². The zero-order valence-electron chi connectivity index (χ0n) is 17.4. The molecule has 0 aliphatic rings. The van der Waals surface area contributed by atoms with Gasteiger partial charge in [-0.25, -0.2) is 8.42 Å². The van der Waals surface area contributed by atoms with Gasteiger partial charge in [0.05, 0.1) is 27.5 Å². The lowest BCUT2D eigenvalue weighted by atomic mass is 10.2. The molecule has 0 bridgehead atoms. The Morgan fingerprint density at radius 1 is 1.13 bits per heavy atom. The third-order valence-corrected chi connectivity index (χ3v) is 7.54. The first-order valence-corrected chi connectivity index (χ1v) is 12.4. The van der Waals surface area contributed by atoms with Gasteiger partial charge in [-0.15, -0.1) is 0 Å². The average Bonchev–Trinajstić information content (AvgIpc) is 3.04. The van der Waals surface area contributed by atoms with E-state index in [-0.39, 0.29) is 29.4 Å². The highest BCUT2D eigenvalue weighted by atomic mass is 32.2. The molecule has 0 N–H and O–H groups in total. The van der Waals surface area contributed by atoms with Gasteiger partial charge in [-0.2, -0.15) is 4.99 Å². The second-order valence-corrected chi connectivity index (χ2v) is 10.1. The van der Waals surface area contributed by atoms with Crippen LogP contribution in [0.5, 0.6) is 5.75 Å². The topological polar surface area (TPSA) is 77.7 Å². The molecule has 0 saturated heterocycles. The second kappa shape index (κ2) is 9.57. The molecule has 30 heavy (non-hydrogen) atoms. The van der Waals surface area contributed by atoms with Crippen molar-refractivity contribution in [1.29, 1.82) is 0 Å². The summed E-state index contributed by atoms with van der Waals surface area (Å²) in [5.74, 6) is 0.400. The fourth-order valence-electron chi connectivity index (χ4n) is 3.14. The number of hydrogen-bond donors (Lipinski definition) is 0. The molecule has 1 aromatic heterocycles. The van der Waals surface area contributed by atoms with Crippen molar-refractivity contribution in [3.63, 3.8) is 0 Å². The van der Waals surface area contributed by atoms with E-state index in [0.29, 0.717) is 18.0 Å². The van der Waals surface area contributed by atoms with E-state index in [9.17, 15) is 13.2 Å². The normalized spacial score (nSPS) is 12.4. The second-order valence-electron chi connectivity index (χ2n) is 6.93. The van der Waals surface area contributed by atoms with Crippen molar-refractivity contribution < 1.29 is 17.9 Å². The Bertz CT molecular complexity index is 1210. The maximum absolute atomic E-state index is 12.4. The molecule has 0 unspecified atom stereocenters. The molecule has 2 aromatic carbocycles. The summed E-state index contributed by atoms with van der Waals surface area (Å²) in [5.41, 5.74) is 2.00. The summed E-state index contributed by atoms with van der Waals surface area (Å²) in [6.07, 6.45) is 0.331. The van der Waals surface area contributed by atoms with E-state index in [0.717, 1.165) is 21.5 Å². The molecule has 0 aliphatic carbocycles. The Balaban J connectivity index is 1.73. The van der Waals surface area contributed by atoms with Crippen LogP contribution < -0.4 is 9.54 Å². The highest BCUT2D eigenvalue weighted by Crippen LogP contribution is 2.23. The molecule has 0 radical (unpaired) electrons. The summed E-state index contributed by atoms with van der Waals surface area (Å²) in [4.78, 5) is 17.6. The molecular weight excluding hydrogens is 420 g/mol. The average molecular weight is 447 g/mol. The molecule has 0 fully saturated rings. The van der Waals surface area contributed by atoms with Crippen LogP contribution in [0.15, 0.2) is 52.4 Å². The number of amides is 1. The highest BCUT2D eigenvalue weighted by molar-refractivity contribution is 7.91. The molecular formula is C22H26N2O4S2. The minimum Gasteiger partial charge on any atom is -0.494 e. The summed E-state index contributed by atoms with van der Waals surface area (Å²) in [6.45, 7) is 7.11. The zero-order chi connectivity index (χ0) is 21.7. The van der Waals surface area contributed by atoms with E-state index >= 15 is 0 Å². The number of hydrogen-bond acceptors (Lipinski definition) is 5. The Morgan fingerprint density at radius 3 is 2.53 bits per heavy atom. The SMILES string of the molecule is CCOc1ccc2c(c1)sc(=NC(=O)CCCS(=O)(=O)c1ccc(C)cc1)n2CC. The number of ether oxygens (including phenoxy) is 1. The number of thiazole rings is 1. The Morgan fingerprint density at radius 2 is 1.87 bits per heavy atom. The van der Waals surface area contributed by atoms with Gasteiger partial charge >= 0.3 is 0 Å². The van der Waals surface area contributed by atoms with Crippen LogP contribution in [0.1, 0.15) is 32.3 Å². The number of nitrogens with zero attached hydrogens (tertiary/aromatic N) is 2. The van der Waals surface area contributed by atoms with Crippen molar-refractivity contribution >= 4 is 37.3 Å². The Hall–Kier alpha value is -2.45. The minimum atomic E-state index is -3.40. The van der Waals surface area contributed by atoms with E-state index in [1.807, 2.05) is 43.5 Å². The summed E-state index contributed by atoms with van der Waals surface area (Å²) in [6, 6.07) is 12.6. The Labute approximate surface area is 180 Å². The van der Waals surface area contributed by atoms with E-state index in [4.69, 9.17) is 4.74 Å². The van der Waals surface area contributed by atoms with Crippen molar-refractivity contribution in [2.24, 2.45) is 4.99 Å². The number of aromatic nitrogens is 1. The lowest BCUT2D eigenvalue weighted by Gasteiger charge is -2.04. The quantitative estimate of drug-likeness (QED) is 0.522. The number of fused-ring (bicyclic) bond motifs is 1. The van der Waals surface area contributed by atoms with Gasteiger partial charge in [0.25, 0.3) is 0 Å². The van der Waals surface area contributed by atoms with E-state index in [2.05, 4.69) is 4.99 Å². The monoisotopic (exact) mass is 446 g/mol. The standard InChI is InChI=1S/C22H26N2O4S2/c1-4-24-19-13-10-17(28-5-2)15-20(19)29-22(24)23-21(25)7-6-14-30(26,27)18-11-8-16(3)9-12-18/h8-13,15H,4-7,14H2,1-3H3. The van der Waals surface area contributed by atoms with Crippen LogP contribution in [0.4, 0.5) is 0 Å². The molecule has 0 atom stereocenters. The molecule has 3 rings (SSSR count). The van der Waals surface area contributed by atoms with Crippen molar-refractivity contribution in [3.05, 3.63) is 52.8 Å². The van der Waals surface area contributed by atoms with Gasteiger partial charge in [-0.1, -0.05) is 29.0 Å². The fourth-order valence-corrected chi connectivity index (χ4v) is 5.59. The molecule has 1 amide bonds. The first-order valence-electron chi connectivity index (χ1n) is 9.97. The number of carbonyl (C=O) groups is 1. The van der Waals surface area contributed by atoms with Gasteiger partial charge in [-0.05, 0) is 57.5 Å². The minimum absolute atomic E-state index is 0.0742. The number of rotatable bonds is 8. The van der Waals surface area contributed by atoms with Crippen LogP contribution >= 0.6 is 11.3 Å². The van der Waals surface area contributed by atoms with E-state index in [1.165, 1.54) is 11.3 Å². The number of carbonyl (C=O) groups excluding carboxylic acids is 1. The van der Waals surface area contributed by atoms with Crippen LogP contribution in [0.25, 0.3) is 10.2 Å². The van der Waals surface area contributed by atoms with Crippen molar-refractivity contribution in [2.45, 2.75) is 45.1 Å². The third-order valence-electron chi connectivity index (χ3n) is 4.69. The van der Waals surface area contributed by atoms with Crippen molar-refractivity contribution in [2.75, 3.05) is 12.4 Å². The molecule has 8 heteroatoms. The number of sulfone groups is 1. The summed E-state index contributed by atoms with van der Waals surface area (Å²) >= 11 is 1.43. The van der Waals surface area contributed by atoms with Gasteiger partial charge < -0.3 is 9.30 Å².